The lowest BCUT2D eigenvalue weighted by atomic mass is 9.98. The van der Waals surface area contributed by atoms with Crippen LogP contribution >= 0.6 is 15.9 Å². The second-order valence-corrected chi connectivity index (χ2v) is 6.43. The van der Waals surface area contributed by atoms with Crippen molar-refractivity contribution in [3.05, 3.63) is 22.3 Å². The van der Waals surface area contributed by atoms with Crippen LogP contribution in [0.2, 0.25) is 0 Å². The number of halogens is 1. The highest BCUT2D eigenvalue weighted by Gasteiger charge is 2.35. The van der Waals surface area contributed by atoms with E-state index < -0.39 is 0 Å². The van der Waals surface area contributed by atoms with Gasteiger partial charge in [0.25, 0.3) is 0 Å². The Morgan fingerprint density at radius 1 is 1.42 bits per heavy atom. The minimum Gasteiger partial charge on any atom is -0.355 e. The number of nitriles is 1. The third kappa shape index (κ3) is 2.47. The Hall–Kier alpha value is -1.12. The third-order valence-corrected chi connectivity index (χ3v) is 4.72. The molecule has 4 nitrogen and oxygen atoms in total. The zero-order valence-corrected chi connectivity index (χ0v) is 12.5. The largest absolute Gasteiger partial charge is 0.355 e. The van der Waals surface area contributed by atoms with Gasteiger partial charge in [-0.05, 0) is 47.7 Å². The first-order chi connectivity index (χ1) is 9.17. The first-order valence-electron chi connectivity index (χ1n) is 6.72. The Labute approximate surface area is 121 Å². The highest BCUT2D eigenvalue weighted by molar-refractivity contribution is 9.10. The van der Waals surface area contributed by atoms with Gasteiger partial charge in [0.2, 0.25) is 0 Å². The van der Waals surface area contributed by atoms with Gasteiger partial charge in [0.1, 0.15) is 11.9 Å². The van der Waals surface area contributed by atoms with Crippen LogP contribution in [-0.4, -0.2) is 30.2 Å². The van der Waals surface area contributed by atoms with Crippen LogP contribution in [0.15, 0.2) is 16.7 Å². The van der Waals surface area contributed by atoms with E-state index in [9.17, 15) is 5.26 Å². The van der Waals surface area contributed by atoms with Crippen molar-refractivity contribution >= 4 is 21.7 Å². The molecule has 0 spiro atoms. The standard InChI is InChI=1S/C14H17BrN4/c1-19(13-5-11-2-3-12(6-13)18-11)14-9(7-16)4-10(15)8-17-14/h4,8,11-13,18H,2-3,5-6H2,1H3. The fraction of sp³-hybridized carbons (Fsp3) is 0.571. The van der Waals surface area contributed by atoms with Crippen molar-refractivity contribution in [3.63, 3.8) is 0 Å². The van der Waals surface area contributed by atoms with Gasteiger partial charge in [-0.1, -0.05) is 0 Å². The Morgan fingerprint density at radius 3 is 2.74 bits per heavy atom. The number of pyridine rings is 1. The number of rotatable bonds is 2. The highest BCUT2D eigenvalue weighted by atomic mass is 79.9. The molecule has 2 bridgehead atoms. The molecule has 0 amide bonds. The van der Waals surface area contributed by atoms with Crippen LogP contribution in [0.5, 0.6) is 0 Å². The topological polar surface area (TPSA) is 52.0 Å². The summed E-state index contributed by atoms with van der Waals surface area (Å²) in [5, 5.41) is 12.9. The Kier molecular flexibility index (Phi) is 3.46. The van der Waals surface area contributed by atoms with E-state index in [0.29, 0.717) is 23.7 Å². The van der Waals surface area contributed by atoms with Crippen LogP contribution in [0.3, 0.4) is 0 Å². The van der Waals surface area contributed by atoms with E-state index in [-0.39, 0.29) is 0 Å². The van der Waals surface area contributed by atoms with Crippen LogP contribution in [0.25, 0.3) is 0 Å². The molecule has 3 rings (SSSR count). The molecule has 2 saturated heterocycles. The molecule has 2 aliphatic rings. The maximum atomic E-state index is 9.26. The fourth-order valence-corrected chi connectivity index (χ4v) is 3.64. The van der Waals surface area contributed by atoms with Gasteiger partial charge in [-0.25, -0.2) is 4.98 Å². The molecular weight excluding hydrogens is 304 g/mol. The predicted octanol–water partition coefficient (Wildman–Crippen LogP) is 2.43. The molecule has 0 saturated carbocycles. The second-order valence-electron chi connectivity index (χ2n) is 5.51. The quantitative estimate of drug-likeness (QED) is 0.909. The molecule has 1 N–H and O–H groups in total. The van der Waals surface area contributed by atoms with E-state index in [0.717, 1.165) is 23.1 Å². The molecule has 2 atom stereocenters. The Balaban J connectivity index is 1.84. The minimum absolute atomic E-state index is 0.486. The van der Waals surface area contributed by atoms with Crippen LogP contribution in [0, 0.1) is 11.3 Å². The monoisotopic (exact) mass is 320 g/mol. The predicted molar refractivity (Wildman–Crippen MR) is 78.0 cm³/mol. The highest BCUT2D eigenvalue weighted by Crippen LogP contribution is 2.32. The Morgan fingerprint density at radius 2 is 2.11 bits per heavy atom. The smallest absolute Gasteiger partial charge is 0.146 e. The molecule has 0 aromatic carbocycles. The normalized spacial score (nSPS) is 29.0. The molecule has 1 aromatic heterocycles. The van der Waals surface area contributed by atoms with Crippen LogP contribution < -0.4 is 10.2 Å². The van der Waals surface area contributed by atoms with Crippen molar-refractivity contribution in [3.8, 4) is 6.07 Å². The van der Waals surface area contributed by atoms with Crippen molar-refractivity contribution < 1.29 is 0 Å². The SMILES string of the molecule is CN(c1ncc(Br)cc1C#N)C1CC2CCC(C1)N2. The number of anilines is 1. The van der Waals surface area contributed by atoms with Crippen molar-refractivity contribution in [2.24, 2.45) is 0 Å². The van der Waals surface area contributed by atoms with Crippen molar-refractivity contribution in [2.45, 2.75) is 43.8 Å². The maximum Gasteiger partial charge on any atom is 0.146 e. The van der Waals surface area contributed by atoms with Gasteiger partial charge >= 0.3 is 0 Å². The van der Waals surface area contributed by atoms with E-state index in [4.69, 9.17) is 0 Å². The summed E-state index contributed by atoms with van der Waals surface area (Å²) in [6, 6.07) is 5.86. The van der Waals surface area contributed by atoms with Gasteiger partial charge in [0, 0.05) is 35.8 Å². The molecule has 100 valence electrons. The van der Waals surface area contributed by atoms with Crippen LogP contribution in [0.1, 0.15) is 31.2 Å². The summed E-state index contributed by atoms with van der Waals surface area (Å²) in [6.07, 6.45) is 6.63. The van der Waals surface area contributed by atoms with E-state index >= 15 is 0 Å². The summed E-state index contributed by atoms with van der Waals surface area (Å²) in [7, 11) is 2.06. The molecular formula is C14H17BrN4. The molecule has 1 aromatic rings. The molecule has 2 unspecified atom stereocenters. The lowest BCUT2D eigenvalue weighted by Gasteiger charge is -2.36. The fourth-order valence-electron chi connectivity index (χ4n) is 3.31. The lowest BCUT2D eigenvalue weighted by molar-refractivity contribution is 0.354. The molecule has 0 aliphatic carbocycles. The van der Waals surface area contributed by atoms with E-state index in [1.165, 1.54) is 12.8 Å². The van der Waals surface area contributed by atoms with Gasteiger partial charge in [-0.2, -0.15) is 5.26 Å². The average Bonchev–Trinajstić information content (AvgIpc) is 2.76. The van der Waals surface area contributed by atoms with Crippen LogP contribution in [-0.2, 0) is 0 Å². The first-order valence-corrected chi connectivity index (χ1v) is 7.51. The lowest BCUT2D eigenvalue weighted by Crippen LogP contribution is -2.47. The molecule has 2 aliphatic heterocycles. The number of aromatic nitrogens is 1. The van der Waals surface area contributed by atoms with Gasteiger partial charge in [0.05, 0.1) is 5.56 Å². The molecule has 2 fully saturated rings. The first kappa shape index (κ1) is 12.9. The van der Waals surface area contributed by atoms with Gasteiger partial charge in [0.15, 0.2) is 0 Å². The summed E-state index contributed by atoms with van der Waals surface area (Å²) in [5.74, 6) is 0.803. The number of hydrogen-bond donors (Lipinski definition) is 1. The molecule has 19 heavy (non-hydrogen) atoms. The van der Waals surface area contributed by atoms with Gasteiger partial charge < -0.3 is 10.2 Å². The maximum absolute atomic E-state index is 9.26. The van der Waals surface area contributed by atoms with E-state index in [1.807, 2.05) is 6.07 Å². The van der Waals surface area contributed by atoms with Gasteiger partial charge in [-0.15, -0.1) is 0 Å². The summed E-state index contributed by atoms with van der Waals surface area (Å²) >= 11 is 3.37. The number of hydrogen-bond acceptors (Lipinski definition) is 4. The van der Waals surface area contributed by atoms with E-state index in [2.05, 4.69) is 44.2 Å². The zero-order valence-electron chi connectivity index (χ0n) is 10.9. The summed E-state index contributed by atoms with van der Waals surface area (Å²) in [5.41, 5.74) is 0.641. The van der Waals surface area contributed by atoms with Crippen molar-refractivity contribution in [2.75, 3.05) is 11.9 Å². The minimum atomic E-state index is 0.486. The summed E-state index contributed by atoms with van der Waals surface area (Å²) in [4.78, 5) is 6.62. The second kappa shape index (κ2) is 5.10. The Bertz CT molecular complexity index is 513. The van der Waals surface area contributed by atoms with E-state index in [1.54, 1.807) is 6.20 Å². The van der Waals surface area contributed by atoms with Gasteiger partial charge in [-0.3, -0.25) is 0 Å². The van der Waals surface area contributed by atoms with Crippen LogP contribution in [0.4, 0.5) is 5.82 Å². The number of nitrogens with zero attached hydrogens (tertiary/aromatic N) is 3. The average molecular weight is 321 g/mol. The molecule has 5 heteroatoms. The number of piperidine rings is 1. The zero-order chi connectivity index (χ0) is 13.4. The summed E-state index contributed by atoms with van der Waals surface area (Å²) in [6.45, 7) is 0. The summed E-state index contributed by atoms with van der Waals surface area (Å²) < 4.78 is 0.853. The number of fused-ring (bicyclic) bond motifs is 2. The van der Waals surface area contributed by atoms with Crippen molar-refractivity contribution in [1.29, 1.82) is 5.26 Å². The van der Waals surface area contributed by atoms with Crippen molar-refractivity contribution in [1.82, 2.24) is 10.3 Å². The number of nitrogens with one attached hydrogen (secondary N) is 1. The third-order valence-electron chi connectivity index (χ3n) is 4.28. The molecule has 0 radical (unpaired) electrons. The molecule has 3 heterocycles.